The van der Waals surface area contributed by atoms with Crippen LogP contribution in [0, 0.1) is 5.82 Å². The van der Waals surface area contributed by atoms with E-state index in [1.165, 1.54) is 12.1 Å². The van der Waals surface area contributed by atoms with E-state index in [0.717, 1.165) is 17.8 Å². The average Bonchev–Trinajstić information content (AvgIpc) is 2.38. The van der Waals surface area contributed by atoms with Crippen LogP contribution >= 0.6 is 0 Å². The summed E-state index contributed by atoms with van der Waals surface area (Å²) in [5, 5.41) is 3.31. The summed E-state index contributed by atoms with van der Waals surface area (Å²) in [6, 6.07) is 6.38. The van der Waals surface area contributed by atoms with Crippen LogP contribution in [0.4, 0.5) is 4.39 Å². The van der Waals surface area contributed by atoms with Crippen LogP contribution < -0.4 is 5.32 Å². The molecule has 0 spiro atoms. The lowest BCUT2D eigenvalue weighted by molar-refractivity contribution is 0.603. The van der Waals surface area contributed by atoms with Crippen LogP contribution in [0.25, 0.3) is 0 Å². The summed E-state index contributed by atoms with van der Waals surface area (Å²) < 4.78 is 12.9. The van der Waals surface area contributed by atoms with Crippen LogP contribution in [-0.2, 0) is 0 Å². The molecule has 0 saturated heterocycles. The van der Waals surface area contributed by atoms with Crippen LogP contribution in [0.1, 0.15) is 24.2 Å². The second kappa shape index (κ2) is 5.50. The van der Waals surface area contributed by atoms with Gasteiger partial charge >= 0.3 is 0 Å². The number of rotatable bonds is 4. The standard InChI is InChI=1S/C13H14FN3/c1-2-16-13(12-9-15-7-8-17-12)10-3-5-11(14)6-4-10/h3-9,13,16H,2H2,1H3. The Kier molecular flexibility index (Phi) is 3.77. The number of aromatic nitrogens is 2. The first kappa shape index (κ1) is 11.7. The Balaban J connectivity index is 2.32. The fourth-order valence-electron chi connectivity index (χ4n) is 1.71. The number of nitrogens with zero attached hydrogens (tertiary/aromatic N) is 2. The van der Waals surface area contributed by atoms with Gasteiger partial charge in [0.25, 0.3) is 0 Å². The second-order valence-corrected chi connectivity index (χ2v) is 3.67. The van der Waals surface area contributed by atoms with E-state index < -0.39 is 0 Å². The van der Waals surface area contributed by atoms with Crippen LogP contribution in [0.3, 0.4) is 0 Å². The van der Waals surface area contributed by atoms with Gasteiger partial charge in [-0.15, -0.1) is 0 Å². The summed E-state index contributed by atoms with van der Waals surface area (Å²) >= 11 is 0. The van der Waals surface area contributed by atoms with Gasteiger partial charge in [-0.2, -0.15) is 0 Å². The van der Waals surface area contributed by atoms with E-state index in [4.69, 9.17) is 0 Å². The minimum Gasteiger partial charge on any atom is -0.305 e. The molecular formula is C13H14FN3. The van der Waals surface area contributed by atoms with Crippen molar-refractivity contribution >= 4 is 0 Å². The largest absolute Gasteiger partial charge is 0.305 e. The van der Waals surface area contributed by atoms with Crippen molar-refractivity contribution in [1.82, 2.24) is 15.3 Å². The molecule has 0 radical (unpaired) electrons. The smallest absolute Gasteiger partial charge is 0.123 e. The molecule has 0 saturated carbocycles. The van der Waals surface area contributed by atoms with Gasteiger partial charge in [-0.3, -0.25) is 9.97 Å². The highest BCUT2D eigenvalue weighted by Crippen LogP contribution is 2.19. The average molecular weight is 231 g/mol. The lowest BCUT2D eigenvalue weighted by Crippen LogP contribution is -2.23. The molecule has 0 bridgehead atoms. The summed E-state index contributed by atoms with van der Waals surface area (Å²) in [4.78, 5) is 8.33. The number of halogens is 1. The molecule has 1 aromatic heterocycles. The topological polar surface area (TPSA) is 37.8 Å². The zero-order valence-electron chi connectivity index (χ0n) is 9.60. The molecule has 4 heteroatoms. The third-order valence-corrected chi connectivity index (χ3v) is 2.49. The van der Waals surface area contributed by atoms with Gasteiger partial charge in [-0.25, -0.2) is 4.39 Å². The van der Waals surface area contributed by atoms with Gasteiger partial charge in [-0.1, -0.05) is 19.1 Å². The van der Waals surface area contributed by atoms with E-state index in [-0.39, 0.29) is 11.9 Å². The third-order valence-electron chi connectivity index (χ3n) is 2.49. The van der Waals surface area contributed by atoms with Crippen LogP contribution in [-0.4, -0.2) is 16.5 Å². The number of benzene rings is 1. The van der Waals surface area contributed by atoms with Crippen molar-refractivity contribution in [2.45, 2.75) is 13.0 Å². The quantitative estimate of drug-likeness (QED) is 0.877. The predicted octanol–water partition coefficient (Wildman–Crippen LogP) is 2.31. The zero-order chi connectivity index (χ0) is 12.1. The zero-order valence-corrected chi connectivity index (χ0v) is 9.60. The Morgan fingerprint density at radius 3 is 2.59 bits per heavy atom. The fraction of sp³-hybridized carbons (Fsp3) is 0.231. The van der Waals surface area contributed by atoms with Crippen molar-refractivity contribution in [3.63, 3.8) is 0 Å². The van der Waals surface area contributed by atoms with Crippen molar-refractivity contribution in [2.75, 3.05) is 6.54 Å². The molecule has 1 atom stereocenters. The molecule has 2 aromatic rings. The van der Waals surface area contributed by atoms with Gasteiger partial charge in [-0.05, 0) is 24.2 Å². The molecule has 0 fully saturated rings. The van der Waals surface area contributed by atoms with Gasteiger partial charge in [0.05, 0.1) is 17.9 Å². The van der Waals surface area contributed by atoms with Crippen LogP contribution in [0.2, 0.25) is 0 Å². The maximum absolute atomic E-state index is 12.9. The predicted molar refractivity (Wildman–Crippen MR) is 64.0 cm³/mol. The molecular weight excluding hydrogens is 217 g/mol. The van der Waals surface area contributed by atoms with Gasteiger partial charge in [0.1, 0.15) is 5.82 Å². The molecule has 2 rings (SSSR count). The molecule has 1 N–H and O–H groups in total. The first-order chi connectivity index (χ1) is 8.31. The van der Waals surface area contributed by atoms with E-state index in [2.05, 4.69) is 15.3 Å². The number of nitrogens with one attached hydrogen (secondary N) is 1. The number of hydrogen-bond acceptors (Lipinski definition) is 3. The van der Waals surface area contributed by atoms with E-state index in [1.54, 1.807) is 30.7 Å². The fourth-order valence-corrected chi connectivity index (χ4v) is 1.71. The highest BCUT2D eigenvalue weighted by molar-refractivity contribution is 5.26. The molecule has 17 heavy (non-hydrogen) atoms. The van der Waals surface area contributed by atoms with Gasteiger partial charge < -0.3 is 5.32 Å². The lowest BCUT2D eigenvalue weighted by Gasteiger charge is -2.17. The first-order valence-electron chi connectivity index (χ1n) is 5.56. The van der Waals surface area contributed by atoms with E-state index in [1.807, 2.05) is 6.92 Å². The second-order valence-electron chi connectivity index (χ2n) is 3.67. The Labute approximate surface area is 99.7 Å². The molecule has 0 aliphatic carbocycles. The molecule has 1 unspecified atom stereocenters. The Bertz CT molecular complexity index is 456. The van der Waals surface area contributed by atoms with Crippen molar-refractivity contribution in [3.8, 4) is 0 Å². The van der Waals surface area contributed by atoms with Crippen molar-refractivity contribution in [1.29, 1.82) is 0 Å². The van der Waals surface area contributed by atoms with Gasteiger partial charge in [0.2, 0.25) is 0 Å². The molecule has 0 aliphatic heterocycles. The Hall–Kier alpha value is -1.81. The van der Waals surface area contributed by atoms with E-state index >= 15 is 0 Å². The monoisotopic (exact) mass is 231 g/mol. The summed E-state index contributed by atoms with van der Waals surface area (Å²) in [5.41, 5.74) is 1.81. The van der Waals surface area contributed by atoms with E-state index in [9.17, 15) is 4.39 Å². The highest BCUT2D eigenvalue weighted by atomic mass is 19.1. The van der Waals surface area contributed by atoms with Gasteiger partial charge in [0, 0.05) is 12.4 Å². The summed E-state index contributed by atoms with van der Waals surface area (Å²) in [5.74, 6) is -0.233. The highest BCUT2D eigenvalue weighted by Gasteiger charge is 2.14. The van der Waals surface area contributed by atoms with E-state index in [0.29, 0.717) is 0 Å². The molecule has 1 heterocycles. The maximum atomic E-state index is 12.9. The van der Waals surface area contributed by atoms with Crippen LogP contribution in [0.5, 0.6) is 0 Å². The number of hydrogen-bond donors (Lipinski definition) is 1. The lowest BCUT2D eigenvalue weighted by atomic mass is 10.0. The van der Waals surface area contributed by atoms with Crippen LogP contribution in [0.15, 0.2) is 42.9 Å². The minimum atomic E-state index is -0.233. The Morgan fingerprint density at radius 2 is 2.00 bits per heavy atom. The molecule has 0 aliphatic rings. The van der Waals surface area contributed by atoms with Gasteiger partial charge in [0.15, 0.2) is 0 Å². The summed E-state index contributed by atoms with van der Waals surface area (Å²) in [7, 11) is 0. The Morgan fingerprint density at radius 1 is 1.24 bits per heavy atom. The summed E-state index contributed by atoms with van der Waals surface area (Å²) in [6.07, 6.45) is 5.01. The maximum Gasteiger partial charge on any atom is 0.123 e. The molecule has 88 valence electrons. The molecule has 1 aromatic carbocycles. The third kappa shape index (κ3) is 2.85. The summed E-state index contributed by atoms with van der Waals surface area (Å²) in [6.45, 7) is 2.82. The minimum absolute atomic E-state index is 0.0469. The normalized spacial score (nSPS) is 12.4. The molecule has 3 nitrogen and oxygen atoms in total. The SMILES string of the molecule is CCNC(c1ccc(F)cc1)c1cnccn1. The van der Waals surface area contributed by atoms with Crippen molar-refractivity contribution in [3.05, 3.63) is 59.9 Å². The van der Waals surface area contributed by atoms with Crippen molar-refractivity contribution < 1.29 is 4.39 Å². The first-order valence-corrected chi connectivity index (χ1v) is 5.56. The van der Waals surface area contributed by atoms with Crippen molar-refractivity contribution in [2.24, 2.45) is 0 Å². The molecule has 0 amide bonds.